The molecule has 2 rings (SSSR count). The molecule has 0 saturated carbocycles. The van der Waals surface area contributed by atoms with Crippen LogP contribution < -0.4 is 10.6 Å². The molecule has 0 radical (unpaired) electrons. The summed E-state index contributed by atoms with van der Waals surface area (Å²) in [4.78, 5) is 11.9. The number of carbonyl (C=O) groups excluding carboxylic acids is 1. The van der Waals surface area contributed by atoms with E-state index in [1.165, 1.54) is 12.1 Å². The summed E-state index contributed by atoms with van der Waals surface area (Å²) in [6.07, 6.45) is 1.22. The molecule has 0 aliphatic rings. The molecule has 0 fully saturated rings. The van der Waals surface area contributed by atoms with Crippen LogP contribution in [-0.4, -0.2) is 22.6 Å². The molecule has 5 nitrogen and oxygen atoms in total. The van der Waals surface area contributed by atoms with E-state index in [9.17, 15) is 9.18 Å². The number of carbonyl (C=O) groups is 1. The van der Waals surface area contributed by atoms with Gasteiger partial charge in [0.1, 0.15) is 11.6 Å². The first-order chi connectivity index (χ1) is 11.0. The fourth-order valence-electron chi connectivity index (χ4n) is 1.96. The van der Waals surface area contributed by atoms with Crippen LogP contribution in [0.4, 0.5) is 16.0 Å². The summed E-state index contributed by atoms with van der Waals surface area (Å²) >= 11 is 0. The van der Waals surface area contributed by atoms with E-state index < -0.39 is 0 Å². The molecular weight excluding hydrogens is 295 g/mol. The van der Waals surface area contributed by atoms with Crippen LogP contribution in [-0.2, 0) is 11.2 Å². The number of benzene rings is 1. The molecule has 0 atom stereocenters. The number of nitrogens with one attached hydrogen (secondary N) is 2. The van der Waals surface area contributed by atoms with Gasteiger partial charge in [-0.05, 0) is 42.2 Å². The Balaban J connectivity index is 1.82. The number of amides is 1. The maximum atomic E-state index is 12.8. The average Bonchev–Trinajstić information content (AvgIpc) is 2.51. The molecule has 1 heterocycles. The average molecular weight is 316 g/mol. The number of nitrogens with zero attached hydrogens (tertiary/aromatic N) is 2. The molecule has 122 valence electrons. The molecular formula is C17H21FN4O. The molecule has 1 aromatic carbocycles. The Morgan fingerprint density at radius 2 is 1.74 bits per heavy atom. The molecule has 0 aliphatic heterocycles. The number of hydrogen-bond acceptors (Lipinski definition) is 4. The van der Waals surface area contributed by atoms with Crippen LogP contribution in [0.25, 0.3) is 0 Å². The van der Waals surface area contributed by atoms with Gasteiger partial charge < -0.3 is 10.6 Å². The first kappa shape index (κ1) is 16.9. The minimum Gasteiger partial charge on any atom is -0.369 e. The van der Waals surface area contributed by atoms with E-state index in [0.29, 0.717) is 17.6 Å². The minimum absolute atomic E-state index is 0.163. The van der Waals surface area contributed by atoms with Crippen LogP contribution >= 0.6 is 0 Å². The minimum atomic E-state index is -0.319. The van der Waals surface area contributed by atoms with Crippen molar-refractivity contribution in [3.8, 4) is 0 Å². The zero-order chi connectivity index (χ0) is 16.7. The smallest absolute Gasteiger partial charge is 0.229 e. The van der Waals surface area contributed by atoms with Gasteiger partial charge in [-0.15, -0.1) is 10.2 Å². The number of rotatable bonds is 7. The summed E-state index contributed by atoms with van der Waals surface area (Å²) in [6, 6.07) is 9.32. The van der Waals surface area contributed by atoms with E-state index in [1.807, 2.05) is 0 Å². The van der Waals surface area contributed by atoms with Gasteiger partial charge in [-0.3, -0.25) is 4.79 Å². The van der Waals surface area contributed by atoms with Gasteiger partial charge in [0.05, 0.1) is 6.42 Å². The van der Waals surface area contributed by atoms with Crippen LogP contribution in [0.15, 0.2) is 36.4 Å². The van der Waals surface area contributed by atoms with Gasteiger partial charge in [-0.2, -0.15) is 0 Å². The third-order valence-corrected chi connectivity index (χ3v) is 3.24. The van der Waals surface area contributed by atoms with Crippen molar-refractivity contribution in [2.75, 3.05) is 17.2 Å². The summed E-state index contributed by atoms with van der Waals surface area (Å²) in [5, 5.41) is 13.8. The van der Waals surface area contributed by atoms with Crippen molar-refractivity contribution in [3.05, 3.63) is 47.8 Å². The van der Waals surface area contributed by atoms with Gasteiger partial charge >= 0.3 is 0 Å². The zero-order valence-electron chi connectivity index (χ0n) is 13.3. The highest BCUT2D eigenvalue weighted by atomic mass is 19.1. The summed E-state index contributed by atoms with van der Waals surface area (Å²) < 4.78 is 12.8. The van der Waals surface area contributed by atoms with Crippen molar-refractivity contribution in [3.63, 3.8) is 0 Å². The molecule has 0 aliphatic carbocycles. The highest BCUT2D eigenvalue weighted by Crippen LogP contribution is 2.09. The molecule has 2 N–H and O–H groups in total. The van der Waals surface area contributed by atoms with Gasteiger partial charge in [0.25, 0.3) is 0 Å². The molecule has 0 unspecified atom stereocenters. The largest absolute Gasteiger partial charge is 0.369 e. The normalized spacial score (nSPS) is 10.6. The fourth-order valence-corrected chi connectivity index (χ4v) is 1.96. The lowest BCUT2D eigenvalue weighted by Gasteiger charge is -2.08. The summed E-state index contributed by atoms with van der Waals surface area (Å²) in [6.45, 7) is 5.16. The van der Waals surface area contributed by atoms with E-state index in [2.05, 4.69) is 34.7 Å². The molecule has 0 spiro atoms. The second-order valence-electron chi connectivity index (χ2n) is 5.76. The van der Waals surface area contributed by atoms with Crippen LogP contribution in [0.3, 0.4) is 0 Å². The van der Waals surface area contributed by atoms with Crippen molar-refractivity contribution in [1.82, 2.24) is 10.2 Å². The van der Waals surface area contributed by atoms with Gasteiger partial charge in [0.2, 0.25) is 5.91 Å². The molecule has 0 bridgehead atoms. The van der Waals surface area contributed by atoms with Crippen molar-refractivity contribution in [2.45, 2.75) is 26.7 Å². The highest BCUT2D eigenvalue weighted by Gasteiger charge is 2.06. The van der Waals surface area contributed by atoms with Crippen LogP contribution in [0.1, 0.15) is 25.8 Å². The molecule has 6 heteroatoms. The van der Waals surface area contributed by atoms with Crippen molar-refractivity contribution in [1.29, 1.82) is 0 Å². The van der Waals surface area contributed by atoms with Crippen molar-refractivity contribution < 1.29 is 9.18 Å². The summed E-state index contributed by atoms with van der Waals surface area (Å²) in [5.41, 5.74) is 0.740. The zero-order valence-corrected chi connectivity index (χ0v) is 13.3. The monoisotopic (exact) mass is 316 g/mol. The molecule has 2 aromatic rings. The Hall–Kier alpha value is -2.50. The van der Waals surface area contributed by atoms with Gasteiger partial charge in [-0.25, -0.2) is 4.39 Å². The number of halogens is 1. The van der Waals surface area contributed by atoms with E-state index in [0.717, 1.165) is 18.5 Å². The lowest BCUT2D eigenvalue weighted by Crippen LogP contribution is -2.16. The van der Waals surface area contributed by atoms with Crippen molar-refractivity contribution >= 4 is 17.5 Å². The number of anilines is 2. The van der Waals surface area contributed by atoms with Crippen LogP contribution in [0, 0.1) is 11.7 Å². The summed E-state index contributed by atoms with van der Waals surface area (Å²) in [7, 11) is 0. The Labute approximate surface area is 135 Å². The maximum absolute atomic E-state index is 12.8. The Bertz CT molecular complexity index is 626. The Morgan fingerprint density at radius 3 is 2.35 bits per heavy atom. The Morgan fingerprint density at radius 1 is 1.09 bits per heavy atom. The third-order valence-electron chi connectivity index (χ3n) is 3.24. The number of hydrogen-bond donors (Lipinski definition) is 2. The fraction of sp³-hybridized carbons (Fsp3) is 0.353. The first-order valence-corrected chi connectivity index (χ1v) is 7.65. The second kappa shape index (κ2) is 8.22. The third kappa shape index (κ3) is 6.02. The standard InChI is InChI=1S/C17H21FN4O/c1-12(2)9-10-19-15-7-8-16(22-21-15)20-17(23)11-13-3-5-14(18)6-4-13/h3-8,12H,9-11H2,1-2H3,(H,19,21)(H,20,22,23). The lowest BCUT2D eigenvalue weighted by atomic mass is 10.1. The predicted octanol–water partition coefficient (Wildman–Crippen LogP) is 3.25. The van der Waals surface area contributed by atoms with Crippen molar-refractivity contribution in [2.24, 2.45) is 5.92 Å². The van der Waals surface area contributed by atoms with Gasteiger partial charge in [0.15, 0.2) is 5.82 Å². The maximum Gasteiger partial charge on any atom is 0.229 e. The van der Waals surface area contributed by atoms with Gasteiger partial charge in [-0.1, -0.05) is 26.0 Å². The SMILES string of the molecule is CC(C)CCNc1ccc(NC(=O)Cc2ccc(F)cc2)nn1. The highest BCUT2D eigenvalue weighted by molar-refractivity contribution is 5.91. The Kier molecular flexibility index (Phi) is 6.02. The topological polar surface area (TPSA) is 66.9 Å². The molecule has 0 saturated heterocycles. The first-order valence-electron chi connectivity index (χ1n) is 7.65. The van der Waals surface area contributed by atoms with E-state index >= 15 is 0 Å². The second-order valence-corrected chi connectivity index (χ2v) is 5.76. The van der Waals surface area contributed by atoms with Crippen LogP contribution in [0.2, 0.25) is 0 Å². The van der Waals surface area contributed by atoms with E-state index in [4.69, 9.17) is 0 Å². The van der Waals surface area contributed by atoms with Crippen LogP contribution in [0.5, 0.6) is 0 Å². The summed E-state index contributed by atoms with van der Waals surface area (Å²) in [5.74, 6) is 1.17. The van der Waals surface area contributed by atoms with E-state index in [1.54, 1.807) is 24.3 Å². The lowest BCUT2D eigenvalue weighted by molar-refractivity contribution is -0.115. The van der Waals surface area contributed by atoms with E-state index in [-0.39, 0.29) is 18.1 Å². The quantitative estimate of drug-likeness (QED) is 0.823. The number of aromatic nitrogens is 2. The molecule has 1 amide bonds. The predicted molar refractivity (Wildman–Crippen MR) is 88.7 cm³/mol. The molecule has 23 heavy (non-hydrogen) atoms. The van der Waals surface area contributed by atoms with Gasteiger partial charge in [0, 0.05) is 6.54 Å². The molecule has 1 aromatic heterocycles.